The summed E-state index contributed by atoms with van der Waals surface area (Å²) in [6.45, 7) is 3.92. The molecule has 1 aromatic heterocycles. The fraction of sp³-hybridized carbons (Fsp3) is 0.100. The average Bonchev–Trinajstić information content (AvgIpc) is 3.33. The molecule has 0 aliphatic carbocycles. The van der Waals surface area contributed by atoms with Crippen LogP contribution in [0.25, 0.3) is 22.6 Å². The number of aryl methyl sites for hydroxylation is 2. The molecule has 0 saturated heterocycles. The number of oxazole rings is 1. The van der Waals surface area contributed by atoms with Gasteiger partial charge in [0.15, 0.2) is 17.1 Å². The van der Waals surface area contributed by atoms with Gasteiger partial charge >= 0.3 is 5.97 Å². The topological polar surface area (TPSA) is 73.9 Å². The van der Waals surface area contributed by atoms with Crippen LogP contribution in [0.5, 0.6) is 11.5 Å². The Kier molecular flexibility index (Phi) is 6.33. The summed E-state index contributed by atoms with van der Waals surface area (Å²) in [5.74, 6) is 0.937. The van der Waals surface area contributed by atoms with Crippen LogP contribution in [-0.2, 0) is 0 Å². The Morgan fingerprint density at radius 1 is 0.917 bits per heavy atom. The van der Waals surface area contributed by atoms with Crippen molar-refractivity contribution in [1.29, 1.82) is 0 Å². The van der Waals surface area contributed by atoms with Crippen molar-refractivity contribution >= 4 is 29.0 Å². The van der Waals surface area contributed by atoms with E-state index in [4.69, 9.17) is 13.9 Å². The molecule has 178 valence electrons. The summed E-state index contributed by atoms with van der Waals surface area (Å²) < 4.78 is 16.9. The molecule has 0 unspecified atom stereocenters. The fourth-order valence-electron chi connectivity index (χ4n) is 3.85. The van der Waals surface area contributed by atoms with Gasteiger partial charge in [-0.3, -0.25) is 4.99 Å². The van der Waals surface area contributed by atoms with Gasteiger partial charge in [-0.2, -0.15) is 0 Å². The predicted octanol–water partition coefficient (Wildman–Crippen LogP) is 7.09. The number of carbonyl (C=O) groups excluding carboxylic acids is 1. The summed E-state index contributed by atoms with van der Waals surface area (Å²) in [5, 5.41) is 0. The molecular weight excluding hydrogens is 452 g/mol. The van der Waals surface area contributed by atoms with Crippen molar-refractivity contribution in [2.45, 2.75) is 13.8 Å². The number of nitrogens with zero attached hydrogens (tertiary/aromatic N) is 2. The van der Waals surface area contributed by atoms with Gasteiger partial charge in [0.25, 0.3) is 0 Å². The number of hydrogen-bond acceptors (Lipinski definition) is 6. The van der Waals surface area contributed by atoms with Crippen LogP contribution in [-0.4, -0.2) is 24.3 Å². The first kappa shape index (κ1) is 23.1. The molecule has 1 heterocycles. The first-order valence-electron chi connectivity index (χ1n) is 11.5. The number of ether oxygens (including phenoxy) is 2. The third-order valence-corrected chi connectivity index (χ3v) is 5.73. The van der Waals surface area contributed by atoms with Gasteiger partial charge in [-0.25, -0.2) is 9.78 Å². The number of aromatic nitrogens is 1. The van der Waals surface area contributed by atoms with E-state index < -0.39 is 5.97 Å². The highest BCUT2D eigenvalue weighted by atomic mass is 16.6. The van der Waals surface area contributed by atoms with E-state index in [-0.39, 0.29) is 0 Å². The standard InChI is InChI=1S/C30H24N2O4/c1-19-7-6-8-23(15-19)30(33)36-27-14-11-21(17-28(27)34-3)18-31-24-13-12-22(16-20(24)2)29-32-25-9-4-5-10-26(25)35-29/h4-18H,1-3H3. The molecule has 0 saturated carbocycles. The van der Waals surface area contributed by atoms with Crippen LogP contribution in [0, 0.1) is 13.8 Å². The monoisotopic (exact) mass is 476 g/mol. The number of aliphatic imine (C=N–C) groups is 1. The first-order chi connectivity index (χ1) is 17.5. The fourth-order valence-corrected chi connectivity index (χ4v) is 3.85. The quantitative estimate of drug-likeness (QED) is 0.149. The molecule has 0 N–H and O–H groups in total. The Balaban J connectivity index is 1.33. The van der Waals surface area contributed by atoms with Crippen molar-refractivity contribution in [2.75, 3.05) is 7.11 Å². The van der Waals surface area contributed by atoms with E-state index in [1.165, 1.54) is 7.11 Å². The minimum Gasteiger partial charge on any atom is -0.493 e. The molecule has 0 aliphatic heterocycles. The van der Waals surface area contributed by atoms with Crippen LogP contribution >= 0.6 is 0 Å². The van der Waals surface area contributed by atoms with Gasteiger partial charge in [-0.1, -0.05) is 29.8 Å². The van der Waals surface area contributed by atoms with Crippen LogP contribution in [0.4, 0.5) is 5.69 Å². The molecule has 4 aromatic carbocycles. The van der Waals surface area contributed by atoms with Gasteiger partial charge in [-0.05, 0) is 85.6 Å². The highest BCUT2D eigenvalue weighted by molar-refractivity contribution is 5.92. The van der Waals surface area contributed by atoms with E-state index >= 15 is 0 Å². The second kappa shape index (κ2) is 9.88. The minimum absolute atomic E-state index is 0.347. The molecule has 0 radical (unpaired) electrons. The molecule has 0 spiro atoms. The molecule has 0 aliphatic rings. The largest absolute Gasteiger partial charge is 0.493 e. The molecule has 0 atom stereocenters. The number of carbonyl (C=O) groups is 1. The maximum atomic E-state index is 12.5. The molecule has 6 heteroatoms. The summed E-state index contributed by atoms with van der Waals surface area (Å²) >= 11 is 0. The molecular formula is C30H24N2O4. The van der Waals surface area contributed by atoms with Crippen molar-refractivity contribution < 1.29 is 18.7 Å². The van der Waals surface area contributed by atoms with E-state index in [1.54, 1.807) is 30.5 Å². The lowest BCUT2D eigenvalue weighted by molar-refractivity contribution is 0.0729. The van der Waals surface area contributed by atoms with Gasteiger partial charge in [0.05, 0.1) is 18.4 Å². The van der Waals surface area contributed by atoms with Gasteiger partial charge in [0.2, 0.25) is 5.89 Å². The Bertz CT molecular complexity index is 1570. The maximum absolute atomic E-state index is 12.5. The van der Waals surface area contributed by atoms with E-state index in [0.717, 1.165) is 39.0 Å². The number of benzene rings is 4. The Hall–Kier alpha value is -4.71. The molecule has 0 bridgehead atoms. The Morgan fingerprint density at radius 2 is 1.78 bits per heavy atom. The van der Waals surface area contributed by atoms with Gasteiger partial charge < -0.3 is 13.9 Å². The van der Waals surface area contributed by atoms with Gasteiger partial charge in [0.1, 0.15) is 5.52 Å². The summed E-state index contributed by atoms with van der Waals surface area (Å²) in [6.07, 6.45) is 1.75. The smallest absolute Gasteiger partial charge is 0.343 e. The molecule has 6 nitrogen and oxygen atoms in total. The second-order valence-corrected chi connectivity index (χ2v) is 8.42. The zero-order valence-corrected chi connectivity index (χ0v) is 20.2. The number of hydrogen-bond donors (Lipinski definition) is 0. The number of para-hydroxylation sites is 2. The molecule has 0 fully saturated rings. The van der Waals surface area contributed by atoms with Crippen LogP contribution in [0.1, 0.15) is 27.0 Å². The van der Waals surface area contributed by atoms with Crippen molar-refractivity contribution in [1.82, 2.24) is 4.98 Å². The summed E-state index contributed by atoms with van der Waals surface area (Å²) in [5.41, 5.74) is 6.57. The molecule has 36 heavy (non-hydrogen) atoms. The van der Waals surface area contributed by atoms with Crippen molar-refractivity contribution in [3.8, 4) is 23.0 Å². The SMILES string of the molecule is COc1cc(C=Nc2ccc(-c3nc4ccccc4o3)cc2C)ccc1OC(=O)c1cccc(C)c1. The maximum Gasteiger partial charge on any atom is 0.343 e. The van der Waals surface area contributed by atoms with E-state index in [2.05, 4.69) is 9.98 Å². The molecule has 0 amide bonds. The molecule has 5 rings (SSSR count). The summed E-state index contributed by atoms with van der Waals surface area (Å²) in [4.78, 5) is 21.7. The average molecular weight is 477 g/mol. The zero-order chi connectivity index (χ0) is 25.1. The highest BCUT2D eigenvalue weighted by Crippen LogP contribution is 2.30. The normalized spacial score (nSPS) is 11.2. The predicted molar refractivity (Wildman–Crippen MR) is 141 cm³/mol. The number of esters is 1. The van der Waals surface area contributed by atoms with Crippen LogP contribution in [0.2, 0.25) is 0 Å². The van der Waals surface area contributed by atoms with Crippen molar-refractivity contribution in [3.05, 3.63) is 107 Å². The molecule has 5 aromatic rings. The second-order valence-electron chi connectivity index (χ2n) is 8.42. The zero-order valence-electron chi connectivity index (χ0n) is 20.2. The number of methoxy groups -OCH3 is 1. The third-order valence-electron chi connectivity index (χ3n) is 5.73. The van der Waals surface area contributed by atoms with Crippen molar-refractivity contribution in [2.24, 2.45) is 4.99 Å². The van der Waals surface area contributed by atoms with Gasteiger partial charge in [0, 0.05) is 11.8 Å². The van der Waals surface area contributed by atoms with Crippen LogP contribution < -0.4 is 9.47 Å². The summed E-state index contributed by atoms with van der Waals surface area (Å²) in [7, 11) is 1.54. The summed E-state index contributed by atoms with van der Waals surface area (Å²) in [6, 6.07) is 26.2. The van der Waals surface area contributed by atoms with E-state index in [1.807, 2.05) is 74.5 Å². The first-order valence-corrected chi connectivity index (χ1v) is 11.5. The highest BCUT2D eigenvalue weighted by Gasteiger charge is 2.13. The lowest BCUT2D eigenvalue weighted by Crippen LogP contribution is -2.09. The number of fused-ring (bicyclic) bond motifs is 1. The third kappa shape index (κ3) is 4.88. The van der Waals surface area contributed by atoms with Gasteiger partial charge in [-0.15, -0.1) is 0 Å². The lowest BCUT2D eigenvalue weighted by Gasteiger charge is -2.10. The number of rotatable bonds is 6. The Labute approximate surface area is 208 Å². The lowest BCUT2D eigenvalue weighted by atomic mass is 10.1. The van der Waals surface area contributed by atoms with E-state index in [9.17, 15) is 4.79 Å². The van der Waals surface area contributed by atoms with E-state index in [0.29, 0.717) is 23.0 Å². The van der Waals surface area contributed by atoms with Crippen LogP contribution in [0.15, 0.2) is 94.3 Å². The van der Waals surface area contributed by atoms with Crippen molar-refractivity contribution in [3.63, 3.8) is 0 Å². The van der Waals surface area contributed by atoms with Crippen LogP contribution in [0.3, 0.4) is 0 Å². The minimum atomic E-state index is -0.437. The Morgan fingerprint density at radius 3 is 2.56 bits per heavy atom.